The number of thioether (sulfide) groups is 1. The number of esters is 1. The Hall–Kier alpha value is -1.69. The van der Waals surface area contributed by atoms with Crippen molar-refractivity contribution >= 4 is 52.5 Å². The Bertz CT molecular complexity index is 825. The van der Waals surface area contributed by atoms with Crippen LogP contribution in [0.15, 0.2) is 41.3 Å². The second-order valence-electron chi connectivity index (χ2n) is 5.18. The van der Waals surface area contributed by atoms with Crippen molar-refractivity contribution in [2.24, 2.45) is 0 Å². The monoisotopic (exact) mass is 381 g/mol. The van der Waals surface area contributed by atoms with E-state index >= 15 is 0 Å². The Labute approximate surface area is 153 Å². The highest BCUT2D eigenvalue weighted by Gasteiger charge is 2.26. The van der Waals surface area contributed by atoms with Crippen molar-refractivity contribution in [3.8, 4) is 0 Å². The fourth-order valence-corrected chi connectivity index (χ4v) is 3.82. The first-order valence-electron chi connectivity index (χ1n) is 7.09. The van der Waals surface area contributed by atoms with Crippen molar-refractivity contribution in [1.82, 2.24) is 0 Å². The fourth-order valence-electron chi connectivity index (χ4n) is 2.44. The van der Waals surface area contributed by atoms with E-state index in [0.29, 0.717) is 33.6 Å². The molecule has 0 radical (unpaired) electrons. The molecule has 0 spiro atoms. The Balaban J connectivity index is 1.99. The largest absolute Gasteiger partial charge is 0.465 e. The predicted molar refractivity (Wildman–Crippen MR) is 96.2 cm³/mol. The number of nitrogens with zero attached hydrogens (tertiary/aromatic N) is 1. The molecule has 0 bridgehead atoms. The van der Waals surface area contributed by atoms with Gasteiger partial charge in [-0.15, -0.1) is 11.8 Å². The summed E-state index contributed by atoms with van der Waals surface area (Å²) in [5.41, 5.74) is 1.87. The summed E-state index contributed by atoms with van der Waals surface area (Å²) in [7, 11) is 1.33. The van der Waals surface area contributed by atoms with Crippen LogP contribution >= 0.6 is 35.0 Å². The minimum atomic E-state index is -0.440. The highest BCUT2D eigenvalue weighted by molar-refractivity contribution is 8.00. The number of hydrogen-bond acceptors (Lipinski definition) is 4. The Morgan fingerprint density at radius 1 is 1.25 bits per heavy atom. The summed E-state index contributed by atoms with van der Waals surface area (Å²) in [5, 5.41) is 1.04. The molecule has 7 heteroatoms. The van der Waals surface area contributed by atoms with Crippen LogP contribution in [-0.2, 0) is 16.1 Å². The fraction of sp³-hybridized carbons (Fsp3) is 0.176. The lowest BCUT2D eigenvalue weighted by molar-refractivity contribution is -0.116. The molecule has 0 unspecified atom stereocenters. The molecule has 0 saturated heterocycles. The minimum Gasteiger partial charge on any atom is -0.465 e. The maximum atomic E-state index is 12.4. The van der Waals surface area contributed by atoms with Crippen molar-refractivity contribution in [2.45, 2.75) is 11.4 Å². The second kappa shape index (κ2) is 7.05. The van der Waals surface area contributed by atoms with Gasteiger partial charge in [0.05, 0.1) is 30.7 Å². The van der Waals surface area contributed by atoms with E-state index in [-0.39, 0.29) is 5.91 Å². The third-order valence-corrected chi connectivity index (χ3v) is 5.30. The topological polar surface area (TPSA) is 46.6 Å². The van der Waals surface area contributed by atoms with Crippen LogP contribution in [0.4, 0.5) is 5.69 Å². The first-order chi connectivity index (χ1) is 11.5. The number of benzene rings is 2. The van der Waals surface area contributed by atoms with Crippen LogP contribution in [0.25, 0.3) is 0 Å². The molecule has 4 nitrogen and oxygen atoms in total. The van der Waals surface area contributed by atoms with Gasteiger partial charge in [0.25, 0.3) is 0 Å². The number of carbonyl (C=O) groups is 2. The van der Waals surface area contributed by atoms with E-state index in [1.807, 2.05) is 6.07 Å². The van der Waals surface area contributed by atoms with Gasteiger partial charge in [0, 0.05) is 14.9 Å². The number of anilines is 1. The van der Waals surface area contributed by atoms with E-state index in [0.717, 1.165) is 10.5 Å². The number of hydrogen-bond donors (Lipinski definition) is 0. The van der Waals surface area contributed by atoms with E-state index < -0.39 is 5.97 Å². The normalized spacial score (nSPS) is 13.6. The zero-order valence-electron chi connectivity index (χ0n) is 12.7. The molecule has 0 N–H and O–H groups in total. The summed E-state index contributed by atoms with van der Waals surface area (Å²) in [6.07, 6.45) is 0. The van der Waals surface area contributed by atoms with Crippen LogP contribution in [-0.4, -0.2) is 24.7 Å². The number of amides is 1. The molecule has 2 aromatic rings. The Morgan fingerprint density at radius 3 is 2.75 bits per heavy atom. The average Bonchev–Trinajstić information content (AvgIpc) is 2.58. The van der Waals surface area contributed by atoms with Crippen LogP contribution in [0.2, 0.25) is 10.0 Å². The van der Waals surface area contributed by atoms with Crippen molar-refractivity contribution in [3.63, 3.8) is 0 Å². The lowest BCUT2D eigenvalue weighted by Gasteiger charge is -2.29. The molecule has 2 aromatic carbocycles. The van der Waals surface area contributed by atoms with Gasteiger partial charge in [-0.05, 0) is 35.9 Å². The average molecular weight is 382 g/mol. The van der Waals surface area contributed by atoms with E-state index in [1.165, 1.54) is 18.9 Å². The quantitative estimate of drug-likeness (QED) is 0.738. The molecule has 3 rings (SSSR count). The smallest absolute Gasteiger partial charge is 0.337 e. The molecule has 24 heavy (non-hydrogen) atoms. The highest BCUT2D eigenvalue weighted by Crippen LogP contribution is 2.37. The first-order valence-corrected chi connectivity index (χ1v) is 8.83. The molecule has 0 fully saturated rings. The van der Waals surface area contributed by atoms with E-state index in [9.17, 15) is 9.59 Å². The maximum Gasteiger partial charge on any atom is 0.337 e. The van der Waals surface area contributed by atoms with Crippen molar-refractivity contribution in [3.05, 3.63) is 57.6 Å². The van der Waals surface area contributed by atoms with Gasteiger partial charge in [0.2, 0.25) is 5.91 Å². The van der Waals surface area contributed by atoms with Gasteiger partial charge in [-0.3, -0.25) is 4.79 Å². The summed E-state index contributed by atoms with van der Waals surface area (Å²) in [5.74, 6) is -0.138. The molecule has 124 valence electrons. The molecule has 0 aromatic heterocycles. The van der Waals surface area contributed by atoms with Gasteiger partial charge in [0.15, 0.2) is 0 Å². The van der Waals surface area contributed by atoms with E-state index in [4.69, 9.17) is 27.9 Å². The number of fused-ring (bicyclic) bond motifs is 1. The summed E-state index contributed by atoms with van der Waals surface area (Å²) >= 11 is 13.6. The van der Waals surface area contributed by atoms with Crippen LogP contribution in [0.1, 0.15) is 15.9 Å². The maximum absolute atomic E-state index is 12.4. The third kappa shape index (κ3) is 3.38. The first kappa shape index (κ1) is 17.1. The van der Waals surface area contributed by atoms with Gasteiger partial charge in [-0.1, -0.05) is 29.3 Å². The number of halogens is 2. The molecule has 0 aliphatic carbocycles. The summed E-state index contributed by atoms with van der Waals surface area (Å²) in [4.78, 5) is 26.7. The molecule has 1 amide bonds. The van der Waals surface area contributed by atoms with Gasteiger partial charge in [0.1, 0.15) is 0 Å². The predicted octanol–water partition coefficient (Wildman–Crippen LogP) is 4.42. The van der Waals surface area contributed by atoms with Crippen molar-refractivity contribution < 1.29 is 14.3 Å². The SMILES string of the molecule is COC(=O)c1ccc2c(c1)N(Cc1ccc(Cl)cc1Cl)C(=O)CS2. The lowest BCUT2D eigenvalue weighted by atomic mass is 10.1. The zero-order valence-corrected chi connectivity index (χ0v) is 15.0. The molecule has 0 atom stereocenters. The van der Waals surface area contributed by atoms with E-state index in [2.05, 4.69) is 0 Å². The molecule has 1 aliphatic heterocycles. The standard InChI is InChI=1S/C17H13Cl2NO3S/c1-23-17(22)10-3-5-15-14(6-10)20(16(21)9-24-15)8-11-2-4-12(18)7-13(11)19/h2-7H,8-9H2,1H3. The van der Waals surface area contributed by atoms with Crippen LogP contribution < -0.4 is 4.90 Å². The molecule has 0 saturated carbocycles. The lowest BCUT2D eigenvalue weighted by Crippen LogP contribution is -2.35. The molecular weight excluding hydrogens is 369 g/mol. The Morgan fingerprint density at radius 2 is 2.04 bits per heavy atom. The van der Waals surface area contributed by atoms with Gasteiger partial charge in [-0.25, -0.2) is 4.79 Å². The summed E-state index contributed by atoms with van der Waals surface area (Å²) in [6, 6.07) is 10.4. The van der Waals surface area contributed by atoms with Gasteiger partial charge >= 0.3 is 5.97 Å². The number of rotatable bonds is 3. The van der Waals surface area contributed by atoms with Crippen molar-refractivity contribution in [1.29, 1.82) is 0 Å². The van der Waals surface area contributed by atoms with E-state index in [1.54, 1.807) is 35.2 Å². The highest BCUT2D eigenvalue weighted by atomic mass is 35.5. The zero-order chi connectivity index (χ0) is 17.3. The van der Waals surface area contributed by atoms with Crippen LogP contribution in [0.5, 0.6) is 0 Å². The Kier molecular flexibility index (Phi) is 5.04. The van der Waals surface area contributed by atoms with Crippen molar-refractivity contribution in [2.75, 3.05) is 17.8 Å². The number of carbonyl (C=O) groups excluding carboxylic acids is 2. The molecule has 1 aliphatic rings. The third-order valence-electron chi connectivity index (χ3n) is 3.67. The number of ether oxygens (including phenoxy) is 1. The number of methoxy groups -OCH3 is 1. The van der Waals surface area contributed by atoms with Gasteiger partial charge < -0.3 is 9.64 Å². The van der Waals surface area contributed by atoms with Gasteiger partial charge in [-0.2, -0.15) is 0 Å². The summed E-state index contributed by atoms with van der Waals surface area (Å²) in [6.45, 7) is 0.313. The van der Waals surface area contributed by atoms with Crippen LogP contribution in [0.3, 0.4) is 0 Å². The molecule has 1 heterocycles. The summed E-state index contributed by atoms with van der Waals surface area (Å²) < 4.78 is 4.75. The minimum absolute atomic E-state index is 0.0412. The molecular formula is C17H13Cl2NO3S. The van der Waals surface area contributed by atoms with Crippen LogP contribution in [0, 0.1) is 0 Å². The second-order valence-corrected chi connectivity index (χ2v) is 7.04.